The van der Waals surface area contributed by atoms with Gasteiger partial charge in [0.05, 0.1) is 51.0 Å². The van der Waals surface area contributed by atoms with E-state index < -0.39 is 11.7 Å². The van der Waals surface area contributed by atoms with Crippen LogP contribution < -0.4 is 15.2 Å². The molecule has 5 rings (SSSR count). The van der Waals surface area contributed by atoms with E-state index in [1.807, 2.05) is 65.2 Å². The normalized spacial score (nSPS) is 11.5. The Labute approximate surface area is 295 Å². The minimum Gasteiger partial charge on any atom is -0.497 e. The molecule has 2 N–H and O–H groups in total. The number of Topliss-reactive ketones (excluding diaryl/α,β-unsaturated/α-hetero) is 1. The van der Waals surface area contributed by atoms with Crippen molar-refractivity contribution in [2.75, 3.05) is 47.2 Å². The second-order valence-corrected chi connectivity index (χ2v) is 12.0. The SMILES string of the molecule is COc1cccc(-c2nc(-c3cc(C)cc(C(F)(F)F)c3)n(Cc3ccc(C(=O)CCCOCCOCCN)cc3)c2-c2cccc(OC)c2)c1. The smallest absolute Gasteiger partial charge is 0.416 e. The van der Waals surface area contributed by atoms with E-state index in [2.05, 4.69) is 0 Å². The van der Waals surface area contributed by atoms with Crippen LogP contribution >= 0.6 is 0 Å². The van der Waals surface area contributed by atoms with Gasteiger partial charge in [-0.05, 0) is 66.9 Å². The number of ether oxygens (including phenoxy) is 4. The number of methoxy groups -OCH3 is 2. The molecule has 0 unspecified atom stereocenters. The van der Waals surface area contributed by atoms with Crippen LogP contribution in [-0.4, -0.2) is 62.5 Å². The number of nitrogens with zero attached hydrogens (tertiary/aromatic N) is 2. The van der Waals surface area contributed by atoms with Gasteiger partial charge in [-0.15, -0.1) is 0 Å². The number of alkyl halides is 3. The van der Waals surface area contributed by atoms with Crippen LogP contribution in [0.1, 0.15) is 39.9 Å². The number of rotatable bonds is 17. The summed E-state index contributed by atoms with van der Waals surface area (Å²) in [6.07, 6.45) is -3.65. The molecule has 268 valence electrons. The van der Waals surface area contributed by atoms with E-state index in [-0.39, 0.29) is 12.3 Å². The molecule has 0 atom stereocenters. The highest BCUT2D eigenvalue weighted by Crippen LogP contribution is 2.40. The predicted octanol–water partition coefficient (Wildman–Crippen LogP) is 8.23. The topological polar surface area (TPSA) is 97.8 Å². The highest BCUT2D eigenvalue weighted by molar-refractivity contribution is 5.96. The van der Waals surface area contributed by atoms with E-state index in [1.165, 1.54) is 0 Å². The molecule has 1 aromatic heterocycles. The lowest BCUT2D eigenvalue weighted by Gasteiger charge is -2.16. The number of nitrogens with two attached hydrogens (primary N) is 1. The van der Waals surface area contributed by atoms with Crippen molar-refractivity contribution >= 4 is 5.78 Å². The quantitative estimate of drug-likeness (QED) is 0.0771. The van der Waals surface area contributed by atoms with E-state index in [4.69, 9.17) is 29.7 Å². The van der Waals surface area contributed by atoms with Crippen LogP contribution in [-0.2, 0) is 22.2 Å². The van der Waals surface area contributed by atoms with Crippen LogP contribution in [0.3, 0.4) is 0 Å². The fraction of sp³-hybridized carbons (Fsp3) is 0.300. The van der Waals surface area contributed by atoms with Crippen LogP contribution in [0.15, 0.2) is 91.0 Å². The summed E-state index contributed by atoms with van der Waals surface area (Å²) in [5, 5.41) is 0. The first-order valence-electron chi connectivity index (χ1n) is 16.7. The molecule has 0 aliphatic heterocycles. The number of benzene rings is 4. The van der Waals surface area contributed by atoms with Gasteiger partial charge in [-0.3, -0.25) is 4.79 Å². The zero-order chi connectivity index (χ0) is 36.4. The Morgan fingerprint density at radius 3 is 2.08 bits per heavy atom. The van der Waals surface area contributed by atoms with Gasteiger partial charge in [0.15, 0.2) is 5.78 Å². The van der Waals surface area contributed by atoms with Crippen molar-refractivity contribution in [1.82, 2.24) is 9.55 Å². The second-order valence-electron chi connectivity index (χ2n) is 12.0. The molecule has 0 amide bonds. The summed E-state index contributed by atoms with van der Waals surface area (Å²) >= 11 is 0. The fourth-order valence-electron chi connectivity index (χ4n) is 5.80. The highest BCUT2D eigenvalue weighted by atomic mass is 19.4. The maximum atomic E-state index is 14.1. The molecule has 0 radical (unpaired) electrons. The maximum absolute atomic E-state index is 14.1. The third-order valence-electron chi connectivity index (χ3n) is 8.26. The average molecular weight is 702 g/mol. The molecule has 0 aliphatic rings. The lowest BCUT2D eigenvalue weighted by Crippen LogP contribution is -2.12. The first-order chi connectivity index (χ1) is 24.6. The summed E-state index contributed by atoms with van der Waals surface area (Å²) in [5.74, 6) is 1.57. The standard InChI is InChI=1S/C40H42F3N3O5/c1-27-21-32(23-33(22-27)40(41,42)43)39-45-37(30-7-4-9-34(24-30)48-2)38(31-8-5-10-35(25-31)49-3)46(39)26-28-12-14-29(15-13-28)36(47)11-6-17-50-19-20-51-18-16-44/h4-5,7-10,12-15,21-25H,6,11,16-20,26,44H2,1-3H3. The largest absolute Gasteiger partial charge is 0.497 e. The van der Waals surface area contributed by atoms with Crippen LogP contribution in [0.2, 0.25) is 0 Å². The van der Waals surface area contributed by atoms with Gasteiger partial charge in [-0.1, -0.05) is 48.5 Å². The molecule has 0 saturated heterocycles. The summed E-state index contributed by atoms with van der Waals surface area (Å²) in [5.41, 5.74) is 9.54. The molecule has 4 aromatic carbocycles. The molecule has 1 heterocycles. The van der Waals surface area contributed by atoms with Crippen molar-refractivity contribution in [3.63, 3.8) is 0 Å². The number of hydrogen-bond acceptors (Lipinski definition) is 7. The number of aromatic nitrogens is 2. The highest BCUT2D eigenvalue weighted by Gasteiger charge is 2.32. The molecule has 0 spiro atoms. The Kier molecular flexibility index (Phi) is 12.7. The third-order valence-corrected chi connectivity index (χ3v) is 8.26. The molecule has 51 heavy (non-hydrogen) atoms. The molecule has 5 aromatic rings. The second kappa shape index (κ2) is 17.3. The number of halogens is 3. The number of hydrogen-bond donors (Lipinski definition) is 1. The van der Waals surface area contributed by atoms with Gasteiger partial charge in [0.2, 0.25) is 0 Å². The molecule has 0 bridgehead atoms. The van der Waals surface area contributed by atoms with Crippen molar-refractivity contribution in [3.05, 3.63) is 113 Å². The van der Waals surface area contributed by atoms with Crippen LogP contribution in [0.4, 0.5) is 13.2 Å². The van der Waals surface area contributed by atoms with Gasteiger partial charge in [-0.2, -0.15) is 13.2 Å². The summed E-state index contributed by atoms with van der Waals surface area (Å²) in [4.78, 5) is 18.0. The average Bonchev–Trinajstić information content (AvgIpc) is 3.51. The van der Waals surface area contributed by atoms with Crippen molar-refractivity contribution in [1.29, 1.82) is 0 Å². The van der Waals surface area contributed by atoms with Gasteiger partial charge < -0.3 is 29.2 Å². The van der Waals surface area contributed by atoms with Gasteiger partial charge in [0, 0.05) is 48.4 Å². The first kappa shape index (κ1) is 37.3. The van der Waals surface area contributed by atoms with Crippen molar-refractivity contribution in [2.24, 2.45) is 5.73 Å². The minimum atomic E-state index is -4.54. The number of carbonyl (C=O) groups excluding carboxylic acids is 1. The first-order valence-corrected chi connectivity index (χ1v) is 16.7. The summed E-state index contributed by atoms with van der Waals surface area (Å²) in [7, 11) is 3.15. The van der Waals surface area contributed by atoms with Gasteiger partial charge >= 0.3 is 6.18 Å². The Morgan fingerprint density at radius 2 is 1.43 bits per heavy atom. The Hall–Kier alpha value is -4.97. The third kappa shape index (κ3) is 9.63. The van der Waals surface area contributed by atoms with E-state index in [0.29, 0.717) is 91.2 Å². The molecular formula is C40H42F3N3O5. The van der Waals surface area contributed by atoms with Crippen LogP contribution in [0, 0.1) is 6.92 Å². The fourth-order valence-corrected chi connectivity index (χ4v) is 5.80. The predicted molar refractivity (Wildman–Crippen MR) is 191 cm³/mol. The Balaban J connectivity index is 1.54. The summed E-state index contributed by atoms with van der Waals surface area (Å²) < 4.78 is 66.0. The number of ketones is 1. The van der Waals surface area contributed by atoms with E-state index in [9.17, 15) is 18.0 Å². The molecule has 11 heteroatoms. The Bertz CT molecular complexity index is 1920. The minimum absolute atomic E-state index is 0.00956. The monoisotopic (exact) mass is 701 g/mol. The van der Waals surface area contributed by atoms with Crippen LogP contribution in [0.25, 0.3) is 33.9 Å². The van der Waals surface area contributed by atoms with Crippen LogP contribution in [0.5, 0.6) is 11.5 Å². The van der Waals surface area contributed by atoms with E-state index in [0.717, 1.165) is 28.8 Å². The van der Waals surface area contributed by atoms with Gasteiger partial charge in [0.25, 0.3) is 0 Å². The lowest BCUT2D eigenvalue weighted by atomic mass is 10.0. The van der Waals surface area contributed by atoms with Crippen molar-refractivity contribution < 1.29 is 36.9 Å². The molecule has 0 fully saturated rings. The molecule has 0 aliphatic carbocycles. The number of imidazole rings is 1. The lowest BCUT2D eigenvalue weighted by molar-refractivity contribution is -0.137. The van der Waals surface area contributed by atoms with E-state index >= 15 is 0 Å². The van der Waals surface area contributed by atoms with Crippen molar-refractivity contribution in [3.8, 4) is 45.4 Å². The molecule has 0 saturated carbocycles. The molecular weight excluding hydrogens is 659 g/mol. The summed E-state index contributed by atoms with van der Waals surface area (Å²) in [6.45, 7) is 4.17. The van der Waals surface area contributed by atoms with Crippen molar-refractivity contribution in [2.45, 2.75) is 32.5 Å². The molecule has 8 nitrogen and oxygen atoms in total. The zero-order valence-corrected chi connectivity index (χ0v) is 29.0. The Morgan fingerprint density at radius 1 is 0.784 bits per heavy atom. The van der Waals surface area contributed by atoms with Gasteiger partial charge in [-0.25, -0.2) is 4.98 Å². The van der Waals surface area contributed by atoms with Gasteiger partial charge in [0.1, 0.15) is 17.3 Å². The van der Waals surface area contributed by atoms with E-state index in [1.54, 1.807) is 39.3 Å². The summed E-state index contributed by atoms with van der Waals surface area (Å²) in [6, 6.07) is 26.1. The number of carbonyl (C=O) groups is 1. The zero-order valence-electron chi connectivity index (χ0n) is 29.0. The number of aryl methyl sites for hydroxylation is 1. The maximum Gasteiger partial charge on any atom is 0.416 e.